The molecule has 2 nitrogen and oxygen atoms in total. The number of carbonyl (C=O) groups is 1. The number of hydrogen-bond donors (Lipinski definition) is 1. The van der Waals surface area contributed by atoms with E-state index >= 15 is 0 Å². The standard InChI is InChI=1S/C20H19ClFNO/c21-18-5-2-1-4-15(18)16-12-17(16)19(24)23-20(10-3-11-20)13-6-8-14(22)9-7-13/h1-2,4-9,16-17H,3,10-12H2,(H,23,24). The minimum Gasteiger partial charge on any atom is -0.346 e. The fourth-order valence-corrected chi connectivity index (χ4v) is 3.99. The summed E-state index contributed by atoms with van der Waals surface area (Å²) >= 11 is 6.24. The van der Waals surface area contributed by atoms with Crippen molar-refractivity contribution in [1.82, 2.24) is 5.32 Å². The van der Waals surface area contributed by atoms with Gasteiger partial charge in [-0.05, 0) is 60.9 Å². The number of amides is 1. The van der Waals surface area contributed by atoms with Crippen molar-refractivity contribution in [3.8, 4) is 0 Å². The van der Waals surface area contributed by atoms with E-state index in [4.69, 9.17) is 11.6 Å². The van der Waals surface area contributed by atoms with Gasteiger partial charge >= 0.3 is 0 Å². The molecule has 1 N–H and O–H groups in total. The first-order valence-corrected chi connectivity index (χ1v) is 8.79. The van der Waals surface area contributed by atoms with Crippen molar-refractivity contribution >= 4 is 17.5 Å². The number of hydrogen-bond acceptors (Lipinski definition) is 1. The number of halogens is 2. The average Bonchev–Trinajstić information content (AvgIpc) is 3.33. The van der Waals surface area contributed by atoms with E-state index in [9.17, 15) is 9.18 Å². The zero-order chi connectivity index (χ0) is 16.7. The molecule has 2 aliphatic carbocycles. The van der Waals surface area contributed by atoms with Crippen LogP contribution in [0.2, 0.25) is 5.02 Å². The summed E-state index contributed by atoms with van der Waals surface area (Å²) in [5.74, 6) is 0.0383. The highest BCUT2D eigenvalue weighted by atomic mass is 35.5. The number of benzene rings is 2. The lowest BCUT2D eigenvalue weighted by Crippen LogP contribution is -2.51. The van der Waals surface area contributed by atoms with E-state index in [1.807, 2.05) is 24.3 Å². The molecule has 2 fully saturated rings. The van der Waals surface area contributed by atoms with E-state index in [0.717, 1.165) is 41.8 Å². The molecule has 0 saturated heterocycles. The first-order chi connectivity index (χ1) is 11.6. The number of nitrogens with one attached hydrogen (secondary N) is 1. The summed E-state index contributed by atoms with van der Waals surface area (Å²) in [7, 11) is 0. The maximum atomic E-state index is 13.2. The lowest BCUT2D eigenvalue weighted by Gasteiger charge is -2.43. The van der Waals surface area contributed by atoms with E-state index in [1.54, 1.807) is 12.1 Å². The first-order valence-electron chi connectivity index (χ1n) is 8.42. The molecule has 2 atom stereocenters. The highest BCUT2D eigenvalue weighted by molar-refractivity contribution is 6.31. The topological polar surface area (TPSA) is 29.1 Å². The molecular formula is C20H19ClFNO. The zero-order valence-electron chi connectivity index (χ0n) is 13.3. The molecule has 2 aromatic carbocycles. The molecule has 0 radical (unpaired) electrons. The molecule has 0 heterocycles. The summed E-state index contributed by atoms with van der Waals surface area (Å²) in [5, 5.41) is 3.97. The Bertz CT molecular complexity index is 769. The van der Waals surface area contributed by atoms with Gasteiger partial charge in [0, 0.05) is 10.9 Å². The molecule has 0 aliphatic heterocycles. The van der Waals surface area contributed by atoms with E-state index in [0.29, 0.717) is 0 Å². The Morgan fingerprint density at radius 1 is 1.12 bits per heavy atom. The van der Waals surface area contributed by atoms with E-state index in [2.05, 4.69) is 5.32 Å². The molecule has 4 heteroatoms. The summed E-state index contributed by atoms with van der Waals surface area (Å²) in [6.45, 7) is 0. The van der Waals surface area contributed by atoms with E-state index in [1.165, 1.54) is 12.1 Å². The van der Waals surface area contributed by atoms with Crippen LogP contribution in [0.3, 0.4) is 0 Å². The lowest BCUT2D eigenvalue weighted by molar-refractivity contribution is -0.125. The second-order valence-corrected chi connectivity index (χ2v) is 7.31. The molecule has 0 bridgehead atoms. The maximum absolute atomic E-state index is 13.2. The maximum Gasteiger partial charge on any atom is 0.224 e. The number of rotatable bonds is 4. The minimum atomic E-state index is -0.321. The van der Waals surface area contributed by atoms with Crippen molar-refractivity contribution in [2.75, 3.05) is 0 Å². The molecule has 4 rings (SSSR count). The third-order valence-corrected chi connectivity index (χ3v) is 5.74. The Hall–Kier alpha value is -1.87. The zero-order valence-corrected chi connectivity index (χ0v) is 14.0. The van der Waals surface area contributed by atoms with Gasteiger partial charge in [-0.15, -0.1) is 0 Å². The summed E-state index contributed by atoms with van der Waals surface area (Å²) in [4.78, 5) is 12.7. The molecule has 0 spiro atoms. The highest BCUT2D eigenvalue weighted by Crippen LogP contribution is 2.51. The second-order valence-electron chi connectivity index (χ2n) is 6.90. The molecule has 124 valence electrons. The van der Waals surface area contributed by atoms with Crippen molar-refractivity contribution in [3.63, 3.8) is 0 Å². The first kappa shape index (κ1) is 15.6. The van der Waals surface area contributed by atoms with Gasteiger partial charge < -0.3 is 5.32 Å². The Kier molecular flexibility index (Phi) is 3.84. The normalized spacial score (nSPS) is 24.1. The molecule has 2 saturated carbocycles. The summed E-state index contributed by atoms with van der Waals surface area (Å²) in [6, 6.07) is 14.2. The van der Waals surface area contributed by atoms with Gasteiger partial charge in [-0.2, -0.15) is 0 Å². The van der Waals surface area contributed by atoms with Gasteiger partial charge in [0.2, 0.25) is 5.91 Å². The SMILES string of the molecule is O=C(NC1(c2ccc(F)cc2)CCC1)C1CC1c1ccccc1Cl. The Labute approximate surface area is 146 Å². The van der Waals surface area contributed by atoms with Gasteiger partial charge in [-0.25, -0.2) is 4.39 Å². The van der Waals surface area contributed by atoms with Crippen LogP contribution in [0.1, 0.15) is 42.7 Å². The van der Waals surface area contributed by atoms with Crippen LogP contribution in [0.4, 0.5) is 4.39 Å². The summed E-state index contributed by atoms with van der Waals surface area (Å²) in [6.07, 6.45) is 3.74. The molecule has 2 unspecified atom stereocenters. The third-order valence-electron chi connectivity index (χ3n) is 5.40. The van der Waals surface area contributed by atoms with Crippen molar-refractivity contribution in [2.24, 2.45) is 5.92 Å². The van der Waals surface area contributed by atoms with Crippen LogP contribution in [0.25, 0.3) is 0 Å². The van der Waals surface area contributed by atoms with Crippen LogP contribution in [-0.4, -0.2) is 5.91 Å². The Morgan fingerprint density at radius 3 is 2.46 bits per heavy atom. The van der Waals surface area contributed by atoms with Crippen LogP contribution in [0.15, 0.2) is 48.5 Å². The van der Waals surface area contributed by atoms with Crippen molar-refractivity contribution in [1.29, 1.82) is 0 Å². The minimum absolute atomic E-state index is 0.0113. The molecule has 24 heavy (non-hydrogen) atoms. The van der Waals surface area contributed by atoms with Gasteiger partial charge in [0.05, 0.1) is 5.54 Å². The molecule has 2 aliphatic rings. The van der Waals surface area contributed by atoms with Crippen LogP contribution in [0, 0.1) is 11.7 Å². The molecule has 0 aromatic heterocycles. The fourth-order valence-electron chi connectivity index (χ4n) is 3.72. The molecule has 1 amide bonds. The summed E-state index contributed by atoms with van der Waals surface area (Å²) in [5.41, 5.74) is 1.74. The van der Waals surface area contributed by atoms with Gasteiger partial charge in [0.1, 0.15) is 5.82 Å². The summed E-state index contributed by atoms with van der Waals surface area (Å²) < 4.78 is 13.2. The average molecular weight is 344 g/mol. The smallest absolute Gasteiger partial charge is 0.224 e. The van der Waals surface area contributed by atoms with Crippen LogP contribution >= 0.6 is 11.6 Å². The largest absolute Gasteiger partial charge is 0.346 e. The fraction of sp³-hybridized carbons (Fsp3) is 0.350. The van der Waals surface area contributed by atoms with Crippen molar-refractivity contribution < 1.29 is 9.18 Å². The predicted molar refractivity (Wildman–Crippen MR) is 92.4 cm³/mol. The Balaban J connectivity index is 1.48. The monoisotopic (exact) mass is 343 g/mol. The quantitative estimate of drug-likeness (QED) is 0.850. The number of carbonyl (C=O) groups excluding carboxylic acids is 1. The van der Waals surface area contributed by atoms with Crippen LogP contribution in [0.5, 0.6) is 0 Å². The Morgan fingerprint density at radius 2 is 1.83 bits per heavy atom. The van der Waals surface area contributed by atoms with Gasteiger partial charge in [-0.1, -0.05) is 41.9 Å². The van der Waals surface area contributed by atoms with Gasteiger partial charge in [-0.3, -0.25) is 4.79 Å². The van der Waals surface area contributed by atoms with E-state index < -0.39 is 0 Å². The van der Waals surface area contributed by atoms with Gasteiger partial charge in [0.25, 0.3) is 0 Å². The highest BCUT2D eigenvalue weighted by Gasteiger charge is 2.48. The second kappa shape index (κ2) is 5.89. The predicted octanol–water partition coefficient (Wildman–Crippen LogP) is 4.78. The van der Waals surface area contributed by atoms with Crippen molar-refractivity contribution in [3.05, 3.63) is 70.5 Å². The third kappa shape index (κ3) is 2.71. The molecule has 2 aromatic rings. The van der Waals surface area contributed by atoms with Gasteiger partial charge in [0.15, 0.2) is 0 Å². The van der Waals surface area contributed by atoms with Crippen LogP contribution < -0.4 is 5.32 Å². The van der Waals surface area contributed by atoms with Crippen LogP contribution in [-0.2, 0) is 10.3 Å². The van der Waals surface area contributed by atoms with Crippen molar-refractivity contribution in [2.45, 2.75) is 37.1 Å². The lowest BCUT2D eigenvalue weighted by atomic mass is 9.71. The van der Waals surface area contributed by atoms with E-state index in [-0.39, 0.29) is 29.1 Å². The molecular weight excluding hydrogens is 325 g/mol.